The van der Waals surface area contributed by atoms with Crippen LogP contribution in [0, 0.1) is 11.3 Å². The van der Waals surface area contributed by atoms with Crippen molar-refractivity contribution in [3.05, 3.63) is 40.8 Å². The fourth-order valence-electron chi connectivity index (χ4n) is 1.92. The van der Waals surface area contributed by atoms with E-state index < -0.39 is 6.10 Å². The van der Waals surface area contributed by atoms with Crippen LogP contribution in [0.3, 0.4) is 0 Å². The van der Waals surface area contributed by atoms with Crippen LogP contribution < -0.4 is 4.74 Å². The zero-order valence-corrected chi connectivity index (χ0v) is 9.88. The zero-order chi connectivity index (χ0) is 13.1. The Morgan fingerprint density at radius 2 is 2.33 bits per heavy atom. The monoisotopic (exact) mass is 247 g/mol. The number of aliphatic hydroxyl groups is 2. The van der Waals surface area contributed by atoms with E-state index in [1.165, 1.54) is 7.11 Å². The molecule has 1 atom stereocenters. The summed E-state index contributed by atoms with van der Waals surface area (Å²) in [6.45, 7) is -0.332. The molecule has 1 aromatic carbocycles. The van der Waals surface area contributed by atoms with Crippen LogP contribution in [-0.4, -0.2) is 23.9 Å². The van der Waals surface area contributed by atoms with Gasteiger partial charge in [-0.2, -0.15) is 5.26 Å². The summed E-state index contributed by atoms with van der Waals surface area (Å²) in [5.74, 6) is 0.770. The van der Waals surface area contributed by atoms with Crippen molar-refractivity contribution in [1.82, 2.24) is 0 Å². The van der Waals surface area contributed by atoms with Gasteiger partial charge in [0.15, 0.2) is 5.76 Å². The molecule has 0 unspecified atom stereocenters. The van der Waals surface area contributed by atoms with Gasteiger partial charge in [0.25, 0.3) is 0 Å². The Bertz CT molecular complexity index is 530. The Balaban J connectivity index is 2.29. The van der Waals surface area contributed by atoms with Gasteiger partial charge < -0.3 is 19.7 Å². The van der Waals surface area contributed by atoms with E-state index in [9.17, 15) is 5.11 Å². The van der Waals surface area contributed by atoms with E-state index in [1.807, 2.05) is 6.07 Å². The Morgan fingerprint density at radius 1 is 1.56 bits per heavy atom. The molecular weight excluding hydrogens is 234 g/mol. The number of hydrogen-bond donors (Lipinski definition) is 2. The lowest BCUT2D eigenvalue weighted by atomic mass is 10.0. The van der Waals surface area contributed by atoms with Gasteiger partial charge in [-0.1, -0.05) is 6.07 Å². The van der Waals surface area contributed by atoms with Crippen LogP contribution in [-0.2, 0) is 4.74 Å². The van der Waals surface area contributed by atoms with Crippen LogP contribution in [0.5, 0.6) is 5.75 Å². The molecule has 0 radical (unpaired) electrons. The molecule has 1 heterocycles. The fraction of sp³-hybridized carbons (Fsp3) is 0.308. The summed E-state index contributed by atoms with van der Waals surface area (Å²) in [5, 5.41) is 27.4. The lowest BCUT2D eigenvalue weighted by Crippen LogP contribution is -2.02. The first-order valence-electron chi connectivity index (χ1n) is 5.46. The minimum absolute atomic E-state index is 0.0499. The topological polar surface area (TPSA) is 82.7 Å². The molecule has 0 amide bonds. The van der Waals surface area contributed by atoms with Crippen molar-refractivity contribution in [3.8, 4) is 11.8 Å². The first-order chi connectivity index (χ1) is 8.69. The largest absolute Gasteiger partial charge is 0.509 e. The van der Waals surface area contributed by atoms with Gasteiger partial charge in [0, 0.05) is 12.0 Å². The number of nitriles is 1. The Kier molecular flexibility index (Phi) is 3.40. The standard InChI is InChI=1S/C13H13NO4/c1-17-11-4-8(6-14)2-3-9(11)12-5-10(16)13(7-15)18-12/h2-4,12,15-16H,5,7H2,1H3/t12-/m1/s1. The van der Waals surface area contributed by atoms with Crippen LogP contribution in [0.2, 0.25) is 0 Å². The molecule has 0 aliphatic carbocycles. The molecule has 94 valence electrons. The summed E-state index contributed by atoms with van der Waals surface area (Å²) in [7, 11) is 1.51. The summed E-state index contributed by atoms with van der Waals surface area (Å²) in [5.41, 5.74) is 1.24. The van der Waals surface area contributed by atoms with Crippen LogP contribution >= 0.6 is 0 Å². The zero-order valence-electron chi connectivity index (χ0n) is 9.88. The van der Waals surface area contributed by atoms with E-state index in [2.05, 4.69) is 0 Å². The maximum Gasteiger partial charge on any atom is 0.160 e. The third kappa shape index (κ3) is 2.11. The minimum Gasteiger partial charge on any atom is -0.509 e. The molecule has 1 aromatic rings. The van der Waals surface area contributed by atoms with Crippen molar-refractivity contribution >= 4 is 0 Å². The highest BCUT2D eigenvalue weighted by Crippen LogP contribution is 2.38. The molecule has 0 saturated carbocycles. The van der Waals surface area contributed by atoms with Gasteiger partial charge in [-0.3, -0.25) is 0 Å². The van der Waals surface area contributed by atoms with Gasteiger partial charge in [-0.25, -0.2) is 0 Å². The van der Waals surface area contributed by atoms with Crippen LogP contribution in [0.15, 0.2) is 29.7 Å². The highest BCUT2D eigenvalue weighted by atomic mass is 16.5. The number of rotatable bonds is 3. The highest BCUT2D eigenvalue weighted by Gasteiger charge is 2.28. The third-order valence-corrected chi connectivity index (χ3v) is 2.84. The van der Waals surface area contributed by atoms with Gasteiger partial charge in [0.2, 0.25) is 0 Å². The first-order valence-corrected chi connectivity index (χ1v) is 5.46. The van der Waals surface area contributed by atoms with Crippen molar-refractivity contribution in [2.75, 3.05) is 13.7 Å². The first kappa shape index (κ1) is 12.3. The van der Waals surface area contributed by atoms with E-state index in [0.717, 1.165) is 5.56 Å². The smallest absolute Gasteiger partial charge is 0.160 e. The number of methoxy groups -OCH3 is 1. The molecule has 1 aliphatic heterocycles. The van der Waals surface area contributed by atoms with E-state index >= 15 is 0 Å². The lowest BCUT2D eigenvalue weighted by Gasteiger charge is -2.15. The van der Waals surface area contributed by atoms with Crippen molar-refractivity contribution in [3.63, 3.8) is 0 Å². The Hall–Kier alpha value is -2.19. The van der Waals surface area contributed by atoms with E-state index in [-0.39, 0.29) is 24.5 Å². The van der Waals surface area contributed by atoms with Crippen molar-refractivity contribution in [1.29, 1.82) is 5.26 Å². The Labute approximate surface area is 104 Å². The second kappa shape index (κ2) is 4.98. The van der Waals surface area contributed by atoms with Crippen LogP contribution in [0.1, 0.15) is 23.7 Å². The average Bonchev–Trinajstić information content (AvgIpc) is 2.79. The Morgan fingerprint density at radius 3 is 2.89 bits per heavy atom. The lowest BCUT2D eigenvalue weighted by molar-refractivity contribution is 0.112. The SMILES string of the molecule is COc1cc(C#N)ccc1[C@H]1CC(O)=C(CO)O1. The van der Waals surface area contributed by atoms with Crippen LogP contribution in [0.25, 0.3) is 0 Å². The van der Waals surface area contributed by atoms with E-state index in [4.69, 9.17) is 19.8 Å². The van der Waals surface area contributed by atoms with Gasteiger partial charge in [-0.15, -0.1) is 0 Å². The molecule has 0 spiro atoms. The molecule has 5 heteroatoms. The molecule has 0 aromatic heterocycles. The summed E-state index contributed by atoms with van der Waals surface area (Å²) in [6, 6.07) is 7.04. The number of ether oxygens (including phenoxy) is 2. The quantitative estimate of drug-likeness (QED) is 0.850. The number of nitrogens with zero attached hydrogens (tertiary/aromatic N) is 1. The second-order valence-corrected chi connectivity index (χ2v) is 3.91. The van der Waals surface area contributed by atoms with Gasteiger partial charge >= 0.3 is 0 Å². The molecule has 2 N–H and O–H groups in total. The van der Waals surface area contributed by atoms with Gasteiger partial charge in [0.05, 0.1) is 18.7 Å². The normalized spacial score (nSPS) is 18.4. The molecular formula is C13H13NO4. The molecule has 18 heavy (non-hydrogen) atoms. The molecule has 0 bridgehead atoms. The van der Waals surface area contributed by atoms with Crippen molar-refractivity contribution < 1.29 is 19.7 Å². The summed E-state index contributed by atoms with van der Waals surface area (Å²) >= 11 is 0. The summed E-state index contributed by atoms with van der Waals surface area (Å²) < 4.78 is 10.7. The van der Waals surface area contributed by atoms with E-state index in [0.29, 0.717) is 11.3 Å². The number of aliphatic hydroxyl groups excluding tert-OH is 2. The molecule has 0 fully saturated rings. The molecule has 0 saturated heterocycles. The van der Waals surface area contributed by atoms with Crippen molar-refractivity contribution in [2.45, 2.75) is 12.5 Å². The maximum absolute atomic E-state index is 9.59. The fourth-order valence-corrected chi connectivity index (χ4v) is 1.92. The number of benzene rings is 1. The predicted molar refractivity (Wildman–Crippen MR) is 62.9 cm³/mol. The summed E-state index contributed by atoms with van der Waals surface area (Å²) in [4.78, 5) is 0. The molecule has 5 nitrogen and oxygen atoms in total. The van der Waals surface area contributed by atoms with Gasteiger partial charge in [0.1, 0.15) is 24.2 Å². The molecule has 2 rings (SSSR count). The van der Waals surface area contributed by atoms with Gasteiger partial charge in [-0.05, 0) is 12.1 Å². The van der Waals surface area contributed by atoms with Crippen molar-refractivity contribution in [2.24, 2.45) is 0 Å². The number of hydrogen-bond acceptors (Lipinski definition) is 5. The second-order valence-electron chi connectivity index (χ2n) is 3.91. The predicted octanol–water partition coefficient (Wildman–Crippen LogP) is 1.79. The summed E-state index contributed by atoms with van der Waals surface area (Å²) in [6.07, 6.45) is -0.104. The average molecular weight is 247 g/mol. The molecule has 1 aliphatic rings. The highest BCUT2D eigenvalue weighted by molar-refractivity contribution is 5.44. The minimum atomic E-state index is -0.394. The van der Waals surface area contributed by atoms with Crippen LogP contribution in [0.4, 0.5) is 0 Å². The maximum atomic E-state index is 9.59. The third-order valence-electron chi connectivity index (χ3n) is 2.84. The van der Waals surface area contributed by atoms with E-state index in [1.54, 1.807) is 18.2 Å².